The van der Waals surface area contributed by atoms with Crippen molar-refractivity contribution in [1.82, 2.24) is 4.72 Å². The first-order chi connectivity index (χ1) is 8.40. The Hall–Kier alpha value is -1.60. The zero-order valence-corrected chi connectivity index (χ0v) is 11.2. The van der Waals surface area contributed by atoms with E-state index in [1.807, 2.05) is 0 Å². The van der Waals surface area contributed by atoms with Crippen molar-refractivity contribution in [1.29, 1.82) is 0 Å². The third-order valence-electron chi connectivity index (χ3n) is 2.37. The molecule has 1 aromatic rings. The van der Waals surface area contributed by atoms with Crippen molar-refractivity contribution in [2.24, 2.45) is 0 Å². The summed E-state index contributed by atoms with van der Waals surface area (Å²) in [5.74, 6) is -0.387. The zero-order valence-electron chi connectivity index (χ0n) is 10.4. The van der Waals surface area contributed by atoms with Crippen molar-refractivity contribution in [2.75, 3.05) is 19.5 Å². The summed E-state index contributed by atoms with van der Waals surface area (Å²) in [4.78, 5) is 11.4. The molecular formula is C11H16N2O4S. The molecule has 0 aliphatic heterocycles. The number of nitrogens with one attached hydrogen (secondary N) is 2. The smallest absolute Gasteiger partial charge is 0.327 e. The SMILES string of the molecule is CNS(=O)(=O)c1ccc(NC(C)C(=O)OC)cc1. The van der Waals surface area contributed by atoms with Gasteiger partial charge in [0.05, 0.1) is 12.0 Å². The fraction of sp³-hybridized carbons (Fsp3) is 0.364. The molecule has 0 aromatic heterocycles. The molecule has 6 nitrogen and oxygen atoms in total. The van der Waals surface area contributed by atoms with Gasteiger partial charge >= 0.3 is 5.97 Å². The van der Waals surface area contributed by atoms with Gasteiger partial charge in [-0.2, -0.15) is 0 Å². The molecule has 0 bridgehead atoms. The monoisotopic (exact) mass is 272 g/mol. The summed E-state index contributed by atoms with van der Waals surface area (Å²) in [7, 11) is -0.777. The second-order valence-electron chi connectivity index (χ2n) is 3.62. The third-order valence-corrected chi connectivity index (χ3v) is 3.80. The molecule has 0 fully saturated rings. The molecule has 1 atom stereocenters. The van der Waals surface area contributed by atoms with Gasteiger partial charge in [0.25, 0.3) is 0 Å². The summed E-state index contributed by atoms with van der Waals surface area (Å²) < 4.78 is 29.8. The van der Waals surface area contributed by atoms with E-state index in [1.165, 1.54) is 26.3 Å². The van der Waals surface area contributed by atoms with Crippen molar-refractivity contribution in [3.8, 4) is 0 Å². The standard InChI is InChI=1S/C11H16N2O4S/c1-8(11(14)17-3)13-9-4-6-10(7-5-9)18(15,16)12-2/h4-8,12-13H,1-3H3. The van der Waals surface area contributed by atoms with Gasteiger partial charge in [0.2, 0.25) is 10.0 Å². The van der Waals surface area contributed by atoms with E-state index in [-0.39, 0.29) is 10.9 Å². The van der Waals surface area contributed by atoms with Crippen LogP contribution in [0.1, 0.15) is 6.92 Å². The van der Waals surface area contributed by atoms with Gasteiger partial charge in [-0.25, -0.2) is 17.9 Å². The number of esters is 1. The van der Waals surface area contributed by atoms with Gasteiger partial charge in [-0.1, -0.05) is 0 Å². The van der Waals surface area contributed by atoms with Gasteiger partial charge in [-0.3, -0.25) is 0 Å². The number of sulfonamides is 1. The van der Waals surface area contributed by atoms with Crippen molar-refractivity contribution >= 4 is 21.7 Å². The molecule has 0 amide bonds. The second-order valence-corrected chi connectivity index (χ2v) is 5.51. The quantitative estimate of drug-likeness (QED) is 0.765. The summed E-state index contributed by atoms with van der Waals surface area (Å²) in [6, 6.07) is 5.59. The Morgan fingerprint density at radius 1 is 1.28 bits per heavy atom. The fourth-order valence-electron chi connectivity index (χ4n) is 1.33. The molecule has 100 valence electrons. The minimum absolute atomic E-state index is 0.168. The molecule has 0 aliphatic rings. The highest BCUT2D eigenvalue weighted by Gasteiger charge is 2.14. The lowest BCUT2D eigenvalue weighted by molar-refractivity contribution is -0.141. The van der Waals surface area contributed by atoms with Crippen LogP contribution in [0.2, 0.25) is 0 Å². The number of carbonyl (C=O) groups excluding carboxylic acids is 1. The lowest BCUT2D eigenvalue weighted by Gasteiger charge is -2.13. The van der Waals surface area contributed by atoms with E-state index in [1.54, 1.807) is 19.1 Å². The van der Waals surface area contributed by atoms with Crippen molar-refractivity contribution in [2.45, 2.75) is 17.9 Å². The predicted molar refractivity (Wildman–Crippen MR) is 67.8 cm³/mol. The number of anilines is 1. The van der Waals surface area contributed by atoms with E-state index >= 15 is 0 Å². The van der Waals surface area contributed by atoms with Crippen molar-refractivity contribution in [3.63, 3.8) is 0 Å². The summed E-state index contributed by atoms with van der Waals surface area (Å²) in [5, 5.41) is 2.90. The molecule has 1 unspecified atom stereocenters. The van der Waals surface area contributed by atoms with Gasteiger partial charge in [0.15, 0.2) is 0 Å². The number of ether oxygens (including phenoxy) is 1. The molecule has 0 saturated carbocycles. The largest absolute Gasteiger partial charge is 0.467 e. The first kappa shape index (κ1) is 14.5. The van der Waals surface area contributed by atoms with E-state index < -0.39 is 16.1 Å². The number of carbonyl (C=O) groups is 1. The molecule has 0 saturated heterocycles. The first-order valence-electron chi connectivity index (χ1n) is 5.28. The van der Waals surface area contributed by atoms with Gasteiger partial charge in [-0.05, 0) is 38.2 Å². The van der Waals surface area contributed by atoms with Crippen LogP contribution in [0.3, 0.4) is 0 Å². The van der Waals surface area contributed by atoms with E-state index in [0.717, 1.165) is 0 Å². The highest BCUT2D eigenvalue weighted by atomic mass is 32.2. The molecule has 0 aliphatic carbocycles. The van der Waals surface area contributed by atoms with Gasteiger partial charge in [-0.15, -0.1) is 0 Å². The average Bonchev–Trinajstić information content (AvgIpc) is 2.38. The van der Waals surface area contributed by atoms with Gasteiger partial charge in [0, 0.05) is 5.69 Å². The lowest BCUT2D eigenvalue weighted by Crippen LogP contribution is -2.27. The van der Waals surface area contributed by atoms with Gasteiger partial charge < -0.3 is 10.1 Å². The van der Waals surface area contributed by atoms with Gasteiger partial charge in [0.1, 0.15) is 6.04 Å². The number of rotatable bonds is 5. The minimum atomic E-state index is -3.43. The van der Waals surface area contributed by atoms with Crippen molar-refractivity contribution < 1.29 is 17.9 Å². The molecule has 18 heavy (non-hydrogen) atoms. The molecule has 2 N–H and O–H groups in total. The lowest BCUT2D eigenvalue weighted by atomic mass is 10.2. The van der Waals surface area contributed by atoms with Crippen molar-refractivity contribution in [3.05, 3.63) is 24.3 Å². The Morgan fingerprint density at radius 2 is 1.83 bits per heavy atom. The van der Waals surface area contributed by atoms with Crippen LogP contribution in [-0.2, 0) is 19.6 Å². The summed E-state index contributed by atoms with van der Waals surface area (Å²) in [6.07, 6.45) is 0. The molecule has 0 heterocycles. The minimum Gasteiger partial charge on any atom is -0.467 e. The Balaban J connectivity index is 2.81. The Morgan fingerprint density at radius 3 is 2.28 bits per heavy atom. The fourth-order valence-corrected chi connectivity index (χ4v) is 2.06. The summed E-state index contributed by atoms with van der Waals surface area (Å²) in [5.41, 5.74) is 0.642. The number of benzene rings is 1. The number of methoxy groups -OCH3 is 1. The van der Waals surface area contributed by atoms with E-state index in [2.05, 4.69) is 14.8 Å². The number of hydrogen-bond donors (Lipinski definition) is 2. The first-order valence-corrected chi connectivity index (χ1v) is 6.77. The van der Waals surface area contributed by atoms with E-state index in [0.29, 0.717) is 5.69 Å². The molecule has 7 heteroatoms. The van der Waals surface area contributed by atoms with Crippen LogP contribution in [0.15, 0.2) is 29.2 Å². The van der Waals surface area contributed by atoms with E-state index in [9.17, 15) is 13.2 Å². The maximum absolute atomic E-state index is 11.5. The van der Waals surface area contributed by atoms with Crippen LogP contribution >= 0.6 is 0 Å². The van der Waals surface area contributed by atoms with Crippen LogP contribution in [0.5, 0.6) is 0 Å². The van der Waals surface area contributed by atoms with Crippen LogP contribution in [0.4, 0.5) is 5.69 Å². The van der Waals surface area contributed by atoms with E-state index in [4.69, 9.17) is 0 Å². The molecule has 1 aromatic carbocycles. The Kier molecular flexibility index (Phi) is 4.69. The second kappa shape index (κ2) is 5.83. The highest BCUT2D eigenvalue weighted by molar-refractivity contribution is 7.89. The highest BCUT2D eigenvalue weighted by Crippen LogP contribution is 2.14. The zero-order chi connectivity index (χ0) is 13.8. The molecular weight excluding hydrogens is 256 g/mol. The van der Waals surface area contributed by atoms with Crippen LogP contribution in [0, 0.1) is 0 Å². The topological polar surface area (TPSA) is 84.5 Å². The normalized spacial score (nSPS) is 12.8. The molecule has 0 spiro atoms. The van der Waals surface area contributed by atoms with Crippen LogP contribution in [-0.4, -0.2) is 34.6 Å². The summed E-state index contributed by atoms with van der Waals surface area (Å²) in [6.45, 7) is 1.66. The Labute approximate surface area is 106 Å². The molecule has 0 radical (unpaired) electrons. The maximum atomic E-state index is 11.5. The van der Waals surface area contributed by atoms with Crippen LogP contribution in [0.25, 0.3) is 0 Å². The molecule has 1 rings (SSSR count). The van der Waals surface area contributed by atoms with Crippen LogP contribution < -0.4 is 10.0 Å². The maximum Gasteiger partial charge on any atom is 0.327 e. The predicted octanol–water partition coefficient (Wildman–Crippen LogP) is 0.568. The third kappa shape index (κ3) is 3.44. The summed E-state index contributed by atoms with van der Waals surface area (Å²) >= 11 is 0. The number of hydrogen-bond acceptors (Lipinski definition) is 5. The average molecular weight is 272 g/mol. The Bertz CT molecular complexity index is 510.